The second-order valence-corrected chi connectivity index (χ2v) is 7.29. The van der Waals surface area contributed by atoms with Gasteiger partial charge in [-0.25, -0.2) is 0 Å². The lowest BCUT2D eigenvalue weighted by Crippen LogP contribution is -2.64. The smallest absolute Gasteiger partial charge is 0.380 e. The Labute approximate surface area is 161 Å². The molecule has 0 radical (unpaired) electrons. The predicted molar refractivity (Wildman–Crippen MR) is 80.5 cm³/mol. The lowest BCUT2D eigenvalue weighted by molar-refractivity contribution is -0.392. The van der Waals surface area contributed by atoms with Gasteiger partial charge in [0.2, 0.25) is 0 Å². The van der Waals surface area contributed by atoms with Gasteiger partial charge in [0.1, 0.15) is 0 Å². The molecule has 0 aromatic heterocycles. The first-order valence-electron chi connectivity index (χ1n) is 8.71. The van der Waals surface area contributed by atoms with E-state index in [9.17, 15) is 49.7 Å². The van der Waals surface area contributed by atoms with Gasteiger partial charge in [-0.2, -0.15) is 39.5 Å². The Morgan fingerprint density at radius 2 is 1.28 bits per heavy atom. The molecule has 5 atom stereocenters. The number of rotatable bonds is 6. The number of ether oxygens (including phenoxy) is 2. The second-order valence-electron chi connectivity index (χ2n) is 7.29. The quantitative estimate of drug-likeness (QED) is 0.467. The molecule has 1 aliphatic carbocycles. The lowest BCUT2D eigenvalue weighted by atomic mass is 9.66. The molecule has 0 aromatic rings. The minimum absolute atomic E-state index is 0.0655. The van der Waals surface area contributed by atoms with Crippen molar-refractivity contribution in [1.29, 1.82) is 0 Å². The van der Waals surface area contributed by atoms with E-state index in [-0.39, 0.29) is 13.5 Å². The maximum atomic E-state index is 13.2. The van der Waals surface area contributed by atoms with Crippen molar-refractivity contribution in [2.45, 2.75) is 82.2 Å². The molecule has 0 heterocycles. The molecule has 1 fully saturated rings. The van der Waals surface area contributed by atoms with E-state index in [0.717, 1.165) is 0 Å². The highest BCUT2D eigenvalue weighted by molar-refractivity contribution is 5.05. The number of halogens is 9. The van der Waals surface area contributed by atoms with E-state index < -0.39 is 73.2 Å². The van der Waals surface area contributed by atoms with Gasteiger partial charge >= 0.3 is 18.5 Å². The van der Waals surface area contributed by atoms with Crippen LogP contribution < -0.4 is 0 Å². The predicted octanol–water partition coefficient (Wildman–Crippen LogP) is 4.34. The highest BCUT2D eigenvalue weighted by atomic mass is 19.4. The van der Waals surface area contributed by atoms with Crippen LogP contribution in [0.3, 0.4) is 0 Å². The van der Waals surface area contributed by atoms with Gasteiger partial charge in [0.25, 0.3) is 5.60 Å². The van der Waals surface area contributed by atoms with Gasteiger partial charge in [-0.1, -0.05) is 0 Å². The summed E-state index contributed by atoms with van der Waals surface area (Å²) in [5.74, 6) is -4.81. The zero-order chi connectivity index (χ0) is 23.1. The molecule has 1 rings (SSSR count). The van der Waals surface area contributed by atoms with E-state index in [1.807, 2.05) is 0 Å². The monoisotopic (exact) mass is 450 g/mol. The molecule has 29 heavy (non-hydrogen) atoms. The van der Waals surface area contributed by atoms with E-state index in [2.05, 4.69) is 0 Å². The summed E-state index contributed by atoms with van der Waals surface area (Å²) in [4.78, 5) is 0. The Morgan fingerprint density at radius 3 is 1.66 bits per heavy atom. The van der Waals surface area contributed by atoms with Crippen LogP contribution in [0, 0.1) is 11.8 Å². The summed E-state index contributed by atoms with van der Waals surface area (Å²) in [6, 6.07) is 0. The minimum atomic E-state index is -6.21. The topological polar surface area (TPSA) is 58.9 Å². The van der Waals surface area contributed by atoms with Gasteiger partial charge in [0.05, 0.1) is 6.10 Å². The molecule has 0 saturated heterocycles. The van der Waals surface area contributed by atoms with E-state index in [4.69, 9.17) is 9.47 Å². The van der Waals surface area contributed by atoms with E-state index in [1.165, 1.54) is 13.8 Å². The lowest BCUT2D eigenvalue weighted by Gasteiger charge is -2.47. The van der Waals surface area contributed by atoms with Crippen molar-refractivity contribution in [3.63, 3.8) is 0 Å². The number of aliphatic hydroxyl groups is 2. The average Bonchev–Trinajstić information content (AvgIpc) is 2.50. The SMILES string of the molecule is CCOC(C)OC1CC(C(C)(O)C(F)(F)F)CC(C(O)(C(F)(F)F)C(F)(F)F)C1. The zero-order valence-electron chi connectivity index (χ0n) is 15.8. The molecule has 1 saturated carbocycles. The Balaban J connectivity index is 3.38. The summed E-state index contributed by atoms with van der Waals surface area (Å²) in [6.45, 7) is 3.12. The molecule has 4 nitrogen and oxygen atoms in total. The molecule has 0 aromatic carbocycles. The largest absolute Gasteiger partial charge is 0.426 e. The Kier molecular flexibility index (Phi) is 7.59. The Morgan fingerprint density at radius 1 is 0.828 bits per heavy atom. The van der Waals surface area contributed by atoms with E-state index in [1.54, 1.807) is 0 Å². The van der Waals surface area contributed by atoms with Gasteiger partial charge in [0, 0.05) is 12.5 Å². The van der Waals surface area contributed by atoms with Crippen LogP contribution in [-0.2, 0) is 9.47 Å². The fourth-order valence-electron chi connectivity index (χ4n) is 3.58. The Bertz CT molecular complexity index is 528. The minimum Gasteiger partial charge on any atom is -0.380 e. The van der Waals surface area contributed by atoms with Gasteiger partial charge in [-0.05, 0) is 46.0 Å². The van der Waals surface area contributed by atoms with Crippen LogP contribution in [0.15, 0.2) is 0 Å². The van der Waals surface area contributed by atoms with E-state index in [0.29, 0.717) is 0 Å². The fraction of sp³-hybridized carbons (Fsp3) is 1.00. The van der Waals surface area contributed by atoms with Crippen LogP contribution in [-0.4, -0.2) is 58.9 Å². The molecule has 1 aliphatic rings. The third-order valence-corrected chi connectivity index (χ3v) is 5.27. The molecule has 5 unspecified atom stereocenters. The summed E-state index contributed by atoms with van der Waals surface area (Å²) in [6.07, 6.45) is -23.5. The summed E-state index contributed by atoms with van der Waals surface area (Å²) < 4.78 is 129. The molecule has 0 bridgehead atoms. The number of hydrogen-bond acceptors (Lipinski definition) is 4. The molecule has 174 valence electrons. The van der Waals surface area contributed by atoms with Crippen molar-refractivity contribution in [2.24, 2.45) is 11.8 Å². The van der Waals surface area contributed by atoms with Crippen molar-refractivity contribution >= 4 is 0 Å². The molecule has 0 aliphatic heterocycles. The summed E-state index contributed by atoms with van der Waals surface area (Å²) in [5.41, 5.74) is -8.86. The third-order valence-electron chi connectivity index (χ3n) is 5.27. The standard InChI is InChI=1S/C16H23F9O4/c1-4-28-8(2)29-11-6-9(12(3,26)14(17,18)19)5-10(7-11)13(27,15(20,21)22)16(23,24)25/h8-11,26-27H,4-7H2,1-3H3. The van der Waals surface area contributed by atoms with Gasteiger partial charge in [-0.3, -0.25) is 0 Å². The van der Waals surface area contributed by atoms with Crippen molar-refractivity contribution in [3.8, 4) is 0 Å². The first kappa shape index (κ1) is 26.2. The van der Waals surface area contributed by atoms with Crippen LogP contribution in [0.5, 0.6) is 0 Å². The van der Waals surface area contributed by atoms with Gasteiger partial charge in [0.15, 0.2) is 11.9 Å². The first-order valence-corrected chi connectivity index (χ1v) is 8.71. The van der Waals surface area contributed by atoms with Gasteiger partial charge < -0.3 is 19.7 Å². The second kappa shape index (κ2) is 8.39. The summed E-state index contributed by atoms with van der Waals surface area (Å²) in [5, 5.41) is 19.5. The summed E-state index contributed by atoms with van der Waals surface area (Å²) in [7, 11) is 0. The highest BCUT2D eigenvalue weighted by Crippen LogP contribution is 2.55. The van der Waals surface area contributed by atoms with Crippen LogP contribution in [0.1, 0.15) is 40.0 Å². The van der Waals surface area contributed by atoms with Crippen molar-refractivity contribution in [2.75, 3.05) is 6.61 Å². The fourth-order valence-corrected chi connectivity index (χ4v) is 3.58. The molecule has 0 amide bonds. The van der Waals surface area contributed by atoms with Crippen molar-refractivity contribution in [1.82, 2.24) is 0 Å². The maximum Gasteiger partial charge on any atom is 0.426 e. The van der Waals surface area contributed by atoms with Crippen LogP contribution in [0.2, 0.25) is 0 Å². The first-order chi connectivity index (χ1) is 12.8. The molecule has 13 heteroatoms. The molecular weight excluding hydrogens is 427 g/mol. The number of alkyl halides is 9. The normalized spacial score (nSPS) is 28.1. The van der Waals surface area contributed by atoms with Crippen molar-refractivity contribution in [3.05, 3.63) is 0 Å². The van der Waals surface area contributed by atoms with Gasteiger partial charge in [-0.15, -0.1) is 0 Å². The van der Waals surface area contributed by atoms with Crippen molar-refractivity contribution < 1.29 is 59.2 Å². The van der Waals surface area contributed by atoms with E-state index >= 15 is 0 Å². The average molecular weight is 450 g/mol. The molecule has 0 spiro atoms. The zero-order valence-corrected chi connectivity index (χ0v) is 15.8. The van der Waals surface area contributed by atoms with Crippen LogP contribution in [0.25, 0.3) is 0 Å². The molecule has 2 N–H and O–H groups in total. The van der Waals surface area contributed by atoms with Crippen LogP contribution >= 0.6 is 0 Å². The summed E-state index contributed by atoms with van der Waals surface area (Å²) >= 11 is 0. The molecular formula is C16H23F9O4. The number of hydrogen-bond donors (Lipinski definition) is 2. The Hall–Kier alpha value is -0.790. The maximum absolute atomic E-state index is 13.2. The highest BCUT2D eigenvalue weighted by Gasteiger charge is 2.74. The van der Waals surface area contributed by atoms with Crippen LogP contribution in [0.4, 0.5) is 39.5 Å². The third kappa shape index (κ3) is 5.28.